The van der Waals surface area contributed by atoms with Gasteiger partial charge in [0.15, 0.2) is 0 Å². The molecule has 1 heterocycles. The Hall–Kier alpha value is -1.20. The molecular formula is C12H19ClN4O. The van der Waals surface area contributed by atoms with Crippen LogP contribution < -0.4 is 11.1 Å². The van der Waals surface area contributed by atoms with E-state index in [4.69, 9.17) is 17.3 Å². The number of nitrogens with two attached hydrogens (primary N) is 1. The molecule has 0 spiro atoms. The standard InChI is InChI=1S/C12H19ClN4O/c1-12(2,3)7-8(14)6-10(18)17-11-15-5-4-9(13)16-11/h4-5,8H,6-7,14H2,1-3H3,(H,15,16,17,18). The van der Waals surface area contributed by atoms with Crippen molar-refractivity contribution >= 4 is 23.5 Å². The number of carbonyl (C=O) groups excluding carboxylic acids is 1. The third-order valence-corrected chi connectivity index (χ3v) is 2.41. The molecule has 0 aliphatic heterocycles. The van der Waals surface area contributed by atoms with E-state index in [2.05, 4.69) is 36.1 Å². The molecule has 5 nitrogen and oxygen atoms in total. The van der Waals surface area contributed by atoms with Crippen molar-refractivity contribution in [3.05, 3.63) is 17.4 Å². The van der Waals surface area contributed by atoms with Crippen molar-refractivity contribution in [3.8, 4) is 0 Å². The Kier molecular flexibility index (Phi) is 5.04. The monoisotopic (exact) mass is 270 g/mol. The van der Waals surface area contributed by atoms with Crippen molar-refractivity contribution in [2.75, 3.05) is 5.32 Å². The molecule has 6 heteroatoms. The van der Waals surface area contributed by atoms with Gasteiger partial charge in [-0.15, -0.1) is 0 Å². The molecule has 0 saturated carbocycles. The summed E-state index contributed by atoms with van der Waals surface area (Å²) in [6.07, 6.45) is 2.50. The second-order valence-corrected chi connectivity index (χ2v) is 5.87. The van der Waals surface area contributed by atoms with Gasteiger partial charge in [-0.3, -0.25) is 10.1 Å². The molecule has 1 aromatic rings. The minimum Gasteiger partial charge on any atom is -0.327 e. The predicted molar refractivity (Wildman–Crippen MR) is 72.3 cm³/mol. The molecule has 1 atom stereocenters. The minimum atomic E-state index is -0.200. The first-order valence-electron chi connectivity index (χ1n) is 5.80. The van der Waals surface area contributed by atoms with Gasteiger partial charge >= 0.3 is 0 Å². The number of hydrogen-bond acceptors (Lipinski definition) is 4. The smallest absolute Gasteiger partial charge is 0.230 e. The Morgan fingerprint density at radius 3 is 2.78 bits per heavy atom. The number of nitrogens with zero attached hydrogens (tertiary/aromatic N) is 2. The van der Waals surface area contributed by atoms with Gasteiger partial charge in [-0.1, -0.05) is 32.4 Å². The third-order valence-electron chi connectivity index (χ3n) is 2.19. The van der Waals surface area contributed by atoms with E-state index in [-0.39, 0.29) is 29.7 Å². The molecule has 3 N–H and O–H groups in total. The quantitative estimate of drug-likeness (QED) is 0.822. The Morgan fingerprint density at radius 2 is 2.22 bits per heavy atom. The zero-order chi connectivity index (χ0) is 13.8. The number of aromatic nitrogens is 2. The van der Waals surface area contributed by atoms with Gasteiger partial charge in [-0.25, -0.2) is 9.97 Å². The van der Waals surface area contributed by atoms with Gasteiger partial charge in [0, 0.05) is 18.7 Å². The lowest BCUT2D eigenvalue weighted by atomic mass is 9.87. The number of nitrogens with one attached hydrogen (secondary N) is 1. The molecule has 0 radical (unpaired) electrons. The lowest BCUT2D eigenvalue weighted by molar-refractivity contribution is -0.116. The van der Waals surface area contributed by atoms with Crippen molar-refractivity contribution in [3.63, 3.8) is 0 Å². The number of halogens is 1. The fourth-order valence-corrected chi connectivity index (χ4v) is 1.81. The summed E-state index contributed by atoms with van der Waals surface area (Å²) < 4.78 is 0. The van der Waals surface area contributed by atoms with Crippen molar-refractivity contribution < 1.29 is 4.79 Å². The number of amides is 1. The van der Waals surface area contributed by atoms with Crippen molar-refractivity contribution in [1.29, 1.82) is 0 Å². The lowest BCUT2D eigenvalue weighted by Gasteiger charge is -2.22. The predicted octanol–water partition coefficient (Wildman–Crippen LogP) is 2.22. The Bertz CT molecular complexity index is 417. The average molecular weight is 271 g/mol. The highest BCUT2D eigenvalue weighted by atomic mass is 35.5. The number of anilines is 1. The second-order valence-electron chi connectivity index (χ2n) is 5.48. The van der Waals surface area contributed by atoms with Gasteiger partial charge in [0.05, 0.1) is 0 Å². The summed E-state index contributed by atoms with van der Waals surface area (Å²) in [4.78, 5) is 19.5. The lowest BCUT2D eigenvalue weighted by Crippen LogP contribution is -2.31. The van der Waals surface area contributed by atoms with E-state index in [0.29, 0.717) is 5.15 Å². The van der Waals surface area contributed by atoms with Gasteiger partial charge in [0.2, 0.25) is 11.9 Å². The third kappa shape index (κ3) is 5.93. The zero-order valence-corrected chi connectivity index (χ0v) is 11.7. The molecule has 0 aromatic carbocycles. The fraction of sp³-hybridized carbons (Fsp3) is 0.583. The largest absolute Gasteiger partial charge is 0.327 e. The molecule has 1 rings (SSSR count). The van der Waals surface area contributed by atoms with Crippen LogP contribution in [0, 0.1) is 5.41 Å². The molecule has 0 bridgehead atoms. The van der Waals surface area contributed by atoms with Crippen LogP contribution in [0.2, 0.25) is 5.15 Å². The first kappa shape index (κ1) is 14.9. The molecule has 0 saturated heterocycles. The summed E-state index contributed by atoms with van der Waals surface area (Å²) in [5.41, 5.74) is 6.02. The summed E-state index contributed by atoms with van der Waals surface area (Å²) in [7, 11) is 0. The highest BCUT2D eigenvalue weighted by Gasteiger charge is 2.18. The fourth-order valence-electron chi connectivity index (χ4n) is 1.67. The van der Waals surface area contributed by atoms with Crippen LogP contribution in [0.15, 0.2) is 12.3 Å². The van der Waals surface area contributed by atoms with Crippen LogP contribution in [0.25, 0.3) is 0 Å². The molecule has 1 unspecified atom stereocenters. The molecule has 18 heavy (non-hydrogen) atoms. The summed E-state index contributed by atoms with van der Waals surface area (Å²) in [5, 5.41) is 2.86. The maximum atomic E-state index is 11.7. The van der Waals surface area contributed by atoms with Crippen LogP contribution in [-0.4, -0.2) is 21.9 Å². The van der Waals surface area contributed by atoms with E-state index in [0.717, 1.165) is 6.42 Å². The van der Waals surface area contributed by atoms with E-state index in [9.17, 15) is 4.79 Å². The first-order valence-corrected chi connectivity index (χ1v) is 6.18. The van der Waals surface area contributed by atoms with Gasteiger partial charge in [-0.2, -0.15) is 0 Å². The normalized spacial score (nSPS) is 13.2. The van der Waals surface area contributed by atoms with Gasteiger partial charge in [-0.05, 0) is 17.9 Å². The summed E-state index contributed by atoms with van der Waals surface area (Å²) in [6.45, 7) is 6.26. The molecule has 0 aliphatic carbocycles. The van der Waals surface area contributed by atoms with E-state index >= 15 is 0 Å². The number of carbonyl (C=O) groups is 1. The van der Waals surface area contributed by atoms with Crippen LogP contribution in [0.1, 0.15) is 33.6 Å². The molecular weight excluding hydrogens is 252 g/mol. The summed E-state index contributed by atoms with van der Waals surface area (Å²) >= 11 is 5.69. The van der Waals surface area contributed by atoms with Gasteiger partial charge in [0.1, 0.15) is 5.15 Å². The highest BCUT2D eigenvalue weighted by molar-refractivity contribution is 6.29. The van der Waals surface area contributed by atoms with Crippen LogP contribution in [0.5, 0.6) is 0 Å². The van der Waals surface area contributed by atoms with Crippen LogP contribution >= 0.6 is 11.6 Å². The van der Waals surface area contributed by atoms with Gasteiger partial charge < -0.3 is 5.73 Å². The van der Waals surface area contributed by atoms with E-state index in [1.165, 1.54) is 6.20 Å². The number of hydrogen-bond donors (Lipinski definition) is 2. The molecule has 1 aromatic heterocycles. The second kappa shape index (κ2) is 6.11. The average Bonchev–Trinajstić information content (AvgIpc) is 2.13. The Balaban J connectivity index is 2.47. The summed E-state index contributed by atoms with van der Waals surface area (Å²) in [6, 6.07) is 1.37. The van der Waals surface area contributed by atoms with E-state index in [1.807, 2.05) is 0 Å². The topological polar surface area (TPSA) is 80.9 Å². The molecule has 1 amide bonds. The number of rotatable bonds is 4. The maximum absolute atomic E-state index is 11.7. The summed E-state index contributed by atoms with van der Waals surface area (Å²) in [5.74, 6) is 0.00414. The van der Waals surface area contributed by atoms with Crippen molar-refractivity contribution in [1.82, 2.24) is 9.97 Å². The molecule has 0 aliphatic rings. The van der Waals surface area contributed by atoms with Crippen LogP contribution in [0.4, 0.5) is 5.95 Å². The highest BCUT2D eigenvalue weighted by Crippen LogP contribution is 2.21. The van der Waals surface area contributed by atoms with Crippen LogP contribution in [0.3, 0.4) is 0 Å². The SMILES string of the molecule is CC(C)(C)CC(N)CC(=O)Nc1nccc(Cl)n1. The molecule has 0 fully saturated rings. The van der Waals surface area contributed by atoms with Crippen molar-refractivity contribution in [2.45, 2.75) is 39.7 Å². The first-order chi connectivity index (χ1) is 8.26. The Labute approximate surface area is 112 Å². The van der Waals surface area contributed by atoms with E-state index < -0.39 is 0 Å². The van der Waals surface area contributed by atoms with Crippen molar-refractivity contribution in [2.24, 2.45) is 11.1 Å². The van der Waals surface area contributed by atoms with Crippen LogP contribution in [-0.2, 0) is 4.79 Å². The Morgan fingerprint density at radius 1 is 1.56 bits per heavy atom. The minimum absolute atomic E-state index is 0.103. The van der Waals surface area contributed by atoms with E-state index in [1.54, 1.807) is 6.07 Å². The maximum Gasteiger partial charge on any atom is 0.230 e. The van der Waals surface area contributed by atoms with Gasteiger partial charge in [0.25, 0.3) is 0 Å². The molecule has 100 valence electrons. The zero-order valence-electron chi connectivity index (χ0n) is 10.9.